The van der Waals surface area contributed by atoms with Gasteiger partial charge in [0.15, 0.2) is 0 Å². The summed E-state index contributed by atoms with van der Waals surface area (Å²) in [6, 6.07) is 19.4. The number of nitrogens with one attached hydrogen (secondary N) is 2. The molecule has 0 spiro atoms. The first-order valence-corrected chi connectivity index (χ1v) is 8.99. The Morgan fingerprint density at radius 3 is 2.23 bits per heavy atom. The van der Waals surface area contributed by atoms with Crippen LogP contribution in [0.25, 0.3) is 0 Å². The summed E-state index contributed by atoms with van der Waals surface area (Å²) in [5.74, 6) is -0.650. The van der Waals surface area contributed by atoms with E-state index in [0.717, 1.165) is 5.56 Å². The zero-order valence-corrected chi connectivity index (χ0v) is 16.0. The summed E-state index contributed by atoms with van der Waals surface area (Å²) in [5, 5.41) is 17.3. The summed E-state index contributed by atoms with van der Waals surface area (Å²) in [7, 11) is 0. The molecule has 0 heterocycles. The third-order valence-electron chi connectivity index (χ3n) is 4.28. The van der Waals surface area contributed by atoms with Gasteiger partial charge in [0.25, 0.3) is 17.5 Å². The van der Waals surface area contributed by atoms with Crippen LogP contribution in [-0.4, -0.2) is 23.0 Å². The SMILES string of the molecule is Cc1ccccc1C(=O)Nc1ccc(C(=O)NN=Cc2ccc([N+](=O)[O-])cc2)cc1. The van der Waals surface area contributed by atoms with E-state index in [1.54, 1.807) is 36.4 Å². The van der Waals surface area contributed by atoms with Gasteiger partial charge in [-0.15, -0.1) is 0 Å². The van der Waals surface area contributed by atoms with E-state index in [1.165, 1.54) is 30.5 Å². The molecule has 0 saturated carbocycles. The number of hydrogen-bond donors (Lipinski definition) is 2. The predicted octanol–water partition coefficient (Wildman–Crippen LogP) is 3.92. The molecular weight excluding hydrogens is 384 g/mol. The molecule has 0 saturated heterocycles. The van der Waals surface area contributed by atoms with Crippen LogP contribution in [0, 0.1) is 17.0 Å². The molecule has 3 rings (SSSR count). The van der Waals surface area contributed by atoms with Crippen molar-refractivity contribution >= 4 is 29.4 Å². The van der Waals surface area contributed by atoms with Crippen LogP contribution in [0.2, 0.25) is 0 Å². The van der Waals surface area contributed by atoms with E-state index in [9.17, 15) is 19.7 Å². The largest absolute Gasteiger partial charge is 0.322 e. The summed E-state index contributed by atoms with van der Waals surface area (Å²) in [4.78, 5) is 34.7. The van der Waals surface area contributed by atoms with Gasteiger partial charge in [-0.3, -0.25) is 19.7 Å². The molecule has 0 atom stereocenters. The second-order valence-electron chi connectivity index (χ2n) is 6.39. The van der Waals surface area contributed by atoms with Crippen LogP contribution in [-0.2, 0) is 0 Å². The summed E-state index contributed by atoms with van der Waals surface area (Å²) in [6.07, 6.45) is 1.39. The van der Waals surface area contributed by atoms with E-state index in [1.807, 2.05) is 19.1 Å². The topological polar surface area (TPSA) is 114 Å². The van der Waals surface area contributed by atoms with Gasteiger partial charge in [-0.1, -0.05) is 18.2 Å². The summed E-state index contributed by atoms with van der Waals surface area (Å²) < 4.78 is 0. The maximum Gasteiger partial charge on any atom is 0.271 e. The molecule has 30 heavy (non-hydrogen) atoms. The monoisotopic (exact) mass is 402 g/mol. The van der Waals surface area contributed by atoms with Gasteiger partial charge >= 0.3 is 0 Å². The average Bonchev–Trinajstić information content (AvgIpc) is 2.74. The first-order chi connectivity index (χ1) is 14.4. The molecule has 0 unspecified atom stereocenters. The number of amides is 2. The zero-order chi connectivity index (χ0) is 21.5. The smallest absolute Gasteiger partial charge is 0.271 e. The lowest BCUT2D eigenvalue weighted by atomic mass is 10.1. The van der Waals surface area contributed by atoms with Gasteiger partial charge in [0.05, 0.1) is 11.1 Å². The van der Waals surface area contributed by atoms with Crippen LogP contribution in [0.3, 0.4) is 0 Å². The van der Waals surface area contributed by atoms with Crippen molar-refractivity contribution in [2.45, 2.75) is 6.92 Å². The number of nitro groups is 1. The summed E-state index contributed by atoms with van der Waals surface area (Å²) >= 11 is 0. The molecule has 0 radical (unpaired) electrons. The van der Waals surface area contributed by atoms with E-state index >= 15 is 0 Å². The number of non-ortho nitro benzene ring substituents is 1. The quantitative estimate of drug-likeness (QED) is 0.369. The Hall–Kier alpha value is -4.33. The lowest BCUT2D eigenvalue weighted by Crippen LogP contribution is -2.18. The van der Waals surface area contributed by atoms with Crippen LogP contribution in [0.5, 0.6) is 0 Å². The van der Waals surface area contributed by atoms with E-state index in [4.69, 9.17) is 0 Å². The van der Waals surface area contributed by atoms with Gasteiger partial charge in [-0.05, 0) is 60.5 Å². The van der Waals surface area contributed by atoms with Crippen molar-refractivity contribution in [3.8, 4) is 0 Å². The number of hydrogen-bond acceptors (Lipinski definition) is 5. The molecule has 2 N–H and O–H groups in total. The fourth-order valence-corrected chi connectivity index (χ4v) is 2.64. The molecule has 8 heteroatoms. The highest BCUT2D eigenvalue weighted by molar-refractivity contribution is 6.05. The van der Waals surface area contributed by atoms with Crippen LogP contribution in [0.1, 0.15) is 31.8 Å². The van der Waals surface area contributed by atoms with E-state index in [-0.39, 0.29) is 11.6 Å². The lowest BCUT2D eigenvalue weighted by Gasteiger charge is -2.08. The van der Waals surface area contributed by atoms with Gasteiger partial charge in [-0.2, -0.15) is 5.10 Å². The Kier molecular flexibility index (Phi) is 6.29. The molecule has 0 aliphatic heterocycles. The number of aryl methyl sites for hydroxylation is 1. The van der Waals surface area contributed by atoms with Crippen molar-refractivity contribution in [1.29, 1.82) is 0 Å². The highest BCUT2D eigenvalue weighted by Gasteiger charge is 2.09. The number of nitrogens with zero attached hydrogens (tertiary/aromatic N) is 2. The normalized spacial score (nSPS) is 10.6. The van der Waals surface area contributed by atoms with Crippen molar-refractivity contribution < 1.29 is 14.5 Å². The molecule has 3 aromatic carbocycles. The third-order valence-corrected chi connectivity index (χ3v) is 4.28. The van der Waals surface area contributed by atoms with E-state index in [2.05, 4.69) is 15.8 Å². The van der Waals surface area contributed by atoms with E-state index < -0.39 is 10.8 Å². The maximum absolute atomic E-state index is 12.3. The number of benzene rings is 3. The number of carbonyl (C=O) groups is 2. The van der Waals surface area contributed by atoms with Crippen molar-refractivity contribution in [2.24, 2.45) is 5.10 Å². The Labute approximate surface area is 172 Å². The standard InChI is InChI=1S/C22H18N4O4/c1-15-4-2-3-5-20(15)22(28)24-18-10-8-17(9-11-18)21(27)25-23-14-16-6-12-19(13-7-16)26(29)30/h2-14H,1H3,(H,24,28)(H,25,27). The highest BCUT2D eigenvalue weighted by Crippen LogP contribution is 2.14. The van der Waals surface area contributed by atoms with Crippen molar-refractivity contribution in [3.05, 3.63) is 105 Å². The fourth-order valence-electron chi connectivity index (χ4n) is 2.64. The first kappa shape index (κ1) is 20.4. The van der Waals surface area contributed by atoms with Crippen LogP contribution in [0.15, 0.2) is 77.9 Å². The Morgan fingerprint density at radius 2 is 1.60 bits per heavy atom. The van der Waals surface area contributed by atoms with Crippen LogP contribution < -0.4 is 10.7 Å². The van der Waals surface area contributed by atoms with Gasteiger partial charge in [0.2, 0.25) is 0 Å². The minimum absolute atomic E-state index is 0.0224. The van der Waals surface area contributed by atoms with Gasteiger partial charge in [-0.25, -0.2) is 5.43 Å². The minimum Gasteiger partial charge on any atom is -0.322 e. The Balaban J connectivity index is 1.57. The molecule has 0 fully saturated rings. The number of anilines is 1. The fraction of sp³-hybridized carbons (Fsp3) is 0.0455. The Bertz CT molecular complexity index is 1110. The number of carbonyl (C=O) groups excluding carboxylic acids is 2. The molecule has 0 bridgehead atoms. The zero-order valence-electron chi connectivity index (χ0n) is 16.0. The maximum atomic E-state index is 12.3. The van der Waals surface area contributed by atoms with Gasteiger partial charge < -0.3 is 5.32 Å². The van der Waals surface area contributed by atoms with Crippen LogP contribution >= 0.6 is 0 Å². The second-order valence-corrected chi connectivity index (χ2v) is 6.39. The lowest BCUT2D eigenvalue weighted by molar-refractivity contribution is -0.384. The van der Waals surface area contributed by atoms with Crippen molar-refractivity contribution in [2.75, 3.05) is 5.32 Å². The van der Waals surface area contributed by atoms with Gasteiger partial charge in [0, 0.05) is 28.9 Å². The van der Waals surface area contributed by atoms with Gasteiger partial charge in [0.1, 0.15) is 0 Å². The number of nitro benzene ring substituents is 1. The third kappa shape index (κ3) is 5.14. The Morgan fingerprint density at radius 1 is 0.933 bits per heavy atom. The van der Waals surface area contributed by atoms with Crippen LogP contribution in [0.4, 0.5) is 11.4 Å². The number of rotatable bonds is 6. The molecule has 8 nitrogen and oxygen atoms in total. The molecule has 0 aliphatic carbocycles. The number of hydrazone groups is 1. The molecule has 0 aliphatic rings. The molecular formula is C22H18N4O4. The van der Waals surface area contributed by atoms with Crippen molar-refractivity contribution in [3.63, 3.8) is 0 Å². The predicted molar refractivity (Wildman–Crippen MR) is 114 cm³/mol. The molecule has 0 aromatic heterocycles. The first-order valence-electron chi connectivity index (χ1n) is 8.99. The van der Waals surface area contributed by atoms with Crippen molar-refractivity contribution in [1.82, 2.24) is 5.43 Å². The molecule has 2 amide bonds. The minimum atomic E-state index is -0.490. The van der Waals surface area contributed by atoms with E-state index in [0.29, 0.717) is 22.4 Å². The second kappa shape index (κ2) is 9.24. The molecule has 150 valence electrons. The summed E-state index contributed by atoms with van der Waals surface area (Å²) in [5.41, 5.74) is 5.36. The summed E-state index contributed by atoms with van der Waals surface area (Å²) in [6.45, 7) is 1.86. The average molecular weight is 402 g/mol. The highest BCUT2D eigenvalue weighted by atomic mass is 16.6. The molecule has 3 aromatic rings.